The van der Waals surface area contributed by atoms with E-state index in [0.717, 1.165) is 4.47 Å². The van der Waals surface area contributed by atoms with E-state index in [-0.39, 0.29) is 18.9 Å². The van der Waals surface area contributed by atoms with E-state index in [1.54, 1.807) is 38.1 Å². The highest BCUT2D eigenvalue weighted by atomic mass is 79.9. The standard InChI is InChI=1S/C15H21BrN3O5P/c1-3-24-25(22,23)9-19-10(2)8-13(14(19)20)18-15(21)17-12-6-4-11(16)5-7-12/h4-7,10,13H,3,8-9H2,1-2H3,(H,22,23)(H2,17,18,21)/t10?,13-/m0/s1. The van der Waals surface area contributed by atoms with E-state index in [9.17, 15) is 19.0 Å². The van der Waals surface area contributed by atoms with Gasteiger partial charge in [-0.2, -0.15) is 0 Å². The number of halogens is 1. The summed E-state index contributed by atoms with van der Waals surface area (Å²) in [4.78, 5) is 35.5. The van der Waals surface area contributed by atoms with Gasteiger partial charge in [-0.3, -0.25) is 9.36 Å². The molecule has 0 aliphatic carbocycles. The molecular weight excluding hydrogens is 413 g/mol. The van der Waals surface area contributed by atoms with Crippen molar-refractivity contribution in [2.75, 3.05) is 18.2 Å². The molecule has 0 radical (unpaired) electrons. The van der Waals surface area contributed by atoms with Gasteiger partial charge in [0.2, 0.25) is 5.91 Å². The second-order valence-electron chi connectivity index (χ2n) is 5.75. The van der Waals surface area contributed by atoms with Crippen LogP contribution >= 0.6 is 23.5 Å². The Morgan fingerprint density at radius 1 is 1.44 bits per heavy atom. The van der Waals surface area contributed by atoms with E-state index in [1.165, 1.54) is 4.90 Å². The fourth-order valence-electron chi connectivity index (χ4n) is 2.61. The predicted octanol–water partition coefficient (Wildman–Crippen LogP) is 2.74. The zero-order chi connectivity index (χ0) is 18.6. The van der Waals surface area contributed by atoms with Crippen LogP contribution in [0.3, 0.4) is 0 Å². The van der Waals surface area contributed by atoms with Crippen molar-refractivity contribution in [2.24, 2.45) is 0 Å². The lowest BCUT2D eigenvalue weighted by atomic mass is 10.2. The molecule has 8 nitrogen and oxygen atoms in total. The number of carbonyl (C=O) groups excluding carboxylic acids is 2. The smallest absolute Gasteiger partial charge is 0.326 e. The molecular formula is C15H21BrN3O5P. The first kappa shape index (κ1) is 19.9. The molecule has 1 aromatic rings. The highest BCUT2D eigenvalue weighted by Gasteiger charge is 2.41. The van der Waals surface area contributed by atoms with Crippen molar-refractivity contribution < 1.29 is 23.6 Å². The molecule has 2 rings (SSSR count). The molecule has 1 heterocycles. The maximum absolute atomic E-state index is 12.4. The van der Waals surface area contributed by atoms with Crippen LogP contribution in [0.5, 0.6) is 0 Å². The Bertz CT molecular complexity index is 684. The number of likely N-dealkylation sites (tertiary alicyclic amines) is 1. The molecule has 1 aliphatic rings. The normalized spacial score (nSPS) is 22.6. The number of nitrogens with one attached hydrogen (secondary N) is 2. The molecule has 3 N–H and O–H groups in total. The Morgan fingerprint density at radius 3 is 2.68 bits per heavy atom. The summed E-state index contributed by atoms with van der Waals surface area (Å²) in [5.74, 6) is -0.396. The van der Waals surface area contributed by atoms with Gasteiger partial charge >= 0.3 is 13.6 Å². The third kappa shape index (κ3) is 5.54. The molecule has 0 saturated carbocycles. The molecule has 3 amide bonds. The van der Waals surface area contributed by atoms with Crippen molar-refractivity contribution in [1.82, 2.24) is 10.2 Å². The molecule has 0 bridgehead atoms. The topological polar surface area (TPSA) is 108 Å². The van der Waals surface area contributed by atoms with Crippen LogP contribution in [-0.4, -0.2) is 46.7 Å². The van der Waals surface area contributed by atoms with Gasteiger partial charge in [0.05, 0.1) is 6.61 Å². The van der Waals surface area contributed by atoms with E-state index in [0.29, 0.717) is 12.1 Å². The largest absolute Gasteiger partial charge is 0.347 e. The lowest BCUT2D eigenvalue weighted by Gasteiger charge is -2.23. The summed E-state index contributed by atoms with van der Waals surface area (Å²) in [5.41, 5.74) is 0.590. The second kappa shape index (κ2) is 8.31. The Hall–Kier alpha value is -1.41. The van der Waals surface area contributed by atoms with Crippen molar-refractivity contribution in [1.29, 1.82) is 0 Å². The Morgan fingerprint density at radius 2 is 2.08 bits per heavy atom. The molecule has 3 atom stereocenters. The number of anilines is 1. The predicted molar refractivity (Wildman–Crippen MR) is 97.3 cm³/mol. The zero-order valence-corrected chi connectivity index (χ0v) is 16.4. The summed E-state index contributed by atoms with van der Waals surface area (Å²) in [6.07, 6.45) is -0.0218. The molecule has 1 aliphatic heterocycles. The van der Waals surface area contributed by atoms with Gasteiger partial charge in [0.1, 0.15) is 12.3 Å². The summed E-state index contributed by atoms with van der Waals surface area (Å²) < 4.78 is 17.6. The highest BCUT2D eigenvalue weighted by Crippen LogP contribution is 2.44. The number of benzene rings is 1. The SMILES string of the molecule is CCOP(=O)(O)CN1C(=O)[C@@H](NC(=O)Nc2ccc(Br)cc2)CC1C. The van der Waals surface area contributed by atoms with Crippen molar-refractivity contribution in [3.63, 3.8) is 0 Å². The van der Waals surface area contributed by atoms with Crippen LogP contribution in [0.25, 0.3) is 0 Å². The van der Waals surface area contributed by atoms with Gasteiger partial charge in [-0.15, -0.1) is 0 Å². The molecule has 2 unspecified atom stereocenters. The number of amides is 3. The van der Waals surface area contributed by atoms with Gasteiger partial charge in [0.15, 0.2) is 0 Å². The summed E-state index contributed by atoms with van der Waals surface area (Å²) in [6.45, 7) is 3.45. The molecule has 10 heteroatoms. The average Bonchev–Trinajstić information content (AvgIpc) is 2.76. The number of rotatable bonds is 6. The maximum atomic E-state index is 12.4. The first-order chi connectivity index (χ1) is 11.7. The molecule has 1 aromatic carbocycles. The van der Waals surface area contributed by atoms with Crippen LogP contribution in [0, 0.1) is 0 Å². The van der Waals surface area contributed by atoms with Crippen LogP contribution in [-0.2, 0) is 13.9 Å². The third-order valence-corrected chi connectivity index (χ3v) is 5.61. The lowest BCUT2D eigenvalue weighted by Crippen LogP contribution is -2.43. The molecule has 1 saturated heterocycles. The minimum atomic E-state index is -3.86. The van der Waals surface area contributed by atoms with Crippen LogP contribution in [0.15, 0.2) is 28.7 Å². The molecule has 25 heavy (non-hydrogen) atoms. The van der Waals surface area contributed by atoms with Crippen molar-refractivity contribution in [2.45, 2.75) is 32.4 Å². The fraction of sp³-hybridized carbons (Fsp3) is 0.467. The summed E-state index contributed by atoms with van der Waals surface area (Å²) in [6, 6.07) is 5.49. The Labute approximate surface area is 154 Å². The highest BCUT2D eigenvalue weighted by molar-refractivity contribution is 9.10. The Balaban J connectivity index is 1.94. The van der Waals surface area contributed by atoms with E-state index < -0.39 is 25.6 Å². The molecule has 138 valence electrons. The van der Waals surface area contributed by atoms with Crippen LogP contribution in [0.2, 0.25) is 0 Å². The summed E-state index contributed by atoms with van der Waals surface area (Å²) >= 11 is 3.31. The van der Waals surface area contributed by atoms with Crippen LogP contribution in [0.4, 0.5) is 10.5 Å². The minimum absolute atomic E-state index is 0.0848. The first-order valence-corrected chi connectivity index (χ1v) is 10.4. The van der Waals surface area contributed by atoms with E-state index in [2.05, 4.69) is 26.6 Å². The van der Waals surface area contributed by atoms with E-state index in [1.807, 2.05) is 0 Å². The van der Waals surface area contributed by atoms with Gasteiger partial charge in [-0.25, -0.2) is 4.79 Å². The van der Waals surface area contributed by atoms with Crippen molar-refractivity contribution >= 4 is 41.2 Å². The number of hydrogen-bond acceptors (Lipinski definition) is 4. The third-order valence-electron chi connectivity index (χ3n) is 3.76. The number of nitrogens with zero attached hydrogens (tertiary/aromatic N) is 1. The first-order valence-electron chi connectivity index (χ1n) is 7.81. The summed E-state index contributed by atoms with van der Waals surface area (Å²) in [7, 11) is -3.86. The Kier molecular flexibility index (Phi) is 6.62. The van der Waals surface area contributed by atoms with Crippen LogP contribution in [0.1, 0.15) is 20.3 Å². The monoisotopic (exact) mass is 433 g/mol. The average molecular weight is 434 g/mol. The minimum Gasteiger partial charge on any atom is -0.326 e. The molecule has 1 fully saturated rings. The van der Waals surface area contributed by atoms with Gasteiger partial charge in [0.25, 0.3) is 0 Å². The summed E-state index contributed by atoms with van der Waals surface area (Å²) in [5, 5.41) is 5.25. The maximum Gasteiger partial charge on any atom is 0.347 e. The van der Waals surface area contributed by atoms with Gasteiger partial charge in [-0.1, -0.05) is 15.9 Å². The zero-order valence-electron chi connectivity index (χ0n) is 13.9. The molecule has 0 spiro atoms. The number of hydrogen-bond donors (Lipinski definition) is 3. The lowest BCUT2D eigenvalue weighted by molar-refractivity contribution is -0.129. The quantitative estimate of drug-likeness (QED) is 0.597. The van der Waals surface area contributed by atoms with E-state index in [4.69, 9.17) is 4.52 Å². The fourth-order valence-corrected chi connectivity index (χ4v) is 4.16. The van der Waals surface area contributed by atoms with Gasteiger partial charge in [-0.05, 0) is 44.5 Å². The van der Waals surface area contributed by atoms with Gasteiger partial charge < -0.3 is 25.0 Å². The van der Waals surface area contributed by atoms with E-state index >= 15 is 0 Å². The van der Waals surface area contributed by atoms with Crippen molar-refractivity contribution in [3.8, 4) is 0 Å². The number of carbonyl (C=O) groups is 2. The second-order valence-corrected chi connectivity index (χ2v) is 8.48. The molecule has 0 aromatic heterocycles. The number of urea groups is 1. The van der Waals surface area contributed by atoms with Gasteiger partial charge in [0, 0.05) is 16.2 Å². The van der Waals surface area contributed by atoms with Crippen molar-refractivity contribution in [3.05, 3.63) is 28.7 Å². The van der Waals surface area contributed by atoms with Crippen LogP contribution < -0.4 is 10.6 Å².